The van der Waals surface area contributed by atoms with E-state index in [4.69, 9.17) is 29.0 Å². The van der Waals surface area contributed by atoms with Crippen LogP contribution in [0, 0.1) is 0 Å². The van der Waals surface area contributed by atoms with Crippen molar-refractivity contribution in [2.45, 2.75) is 24.9 Å². The highest BCUT2D eigenvalue weighted by Crippen LogP contribution is 2.28. The molecule has 0 radical (unpaired) electrons. The van der Waals surface area contributed by atoms with Crippen molar-refractivity contribution in [2.75, 3.05) is 34.0 Å². The molecule has 0 fully saturated rings. The van der Waals surface area contributed by atoms with Crippen LogP contribution >= 0.6 is 15.9 Å². The number of carbonyl (C=O) groups excluding carboxylic acids is 1. The molecule has 206 valence electrons. The summed E-state index contributed by atoms with van der Waals surface area (Å²) >= 11 is 3.46. The number of hydrazine groups is 1. The second-order valence-electron chi connectivity index (χ2n) is 8.98. The summed E-state index contributed by atoms with van der Waals surface area (Å²) < 4.78 is 23.3. The second kappa shape index (κ2) is 13.5. The van der Waals surface area contributed by atoms with Gasteiger partial charge in [-0.2, -0.15) is 0 Å². The topological polar surface area (TPSA) is 111 Å². The Morgan fingerprint density at radius 3 is 2.49 bits per heavy atom. The largest absolute Gasteiger partial charge is 0.497 e. The van der Waals surface area contributed by atoms with Crippen LogP contribution in [0.15, 0.2) is 76.2 Å². The third-order valence-corrected chi connectivity index (χ3v) is 6.77. The standard InChI is InChI=1S/C29H32BrN3O6/c1-36-25-13-8-22(26(16-25)37-2)18-31-33-28(35)29(17-20-4-9-23(30)10-5-20)19-39-27(32-29)21-6-11-24(12-7-21)38-15-3-14-34/h4-13,16,31,34H,3,14-15,17-19H2,1-2H3,(H,33,35)/t29-/m0/s1. The van der Waals surface area contributed by atoms with Crippen molar-refractivity contribution in [1.29, 1.82) is 0 Å². The first kappa shape index (κ1) is 28.4. The minimum atomic E-state index is -1.17. The predicted octanol–water partition coefficient (Wildman–Crippen LogP) is 3.81. The van der Waals surface area contributed by atoms with E-state index >= 15 is 0 Å². The van der Waals surface area contributed by atoms with E-state index in [1.165, 1.54) is 0 Å². The van der Waals surface area contributed by atoms with E-state index in [0.717, 1.165) is 21.2 Å². The van der Waals surface area contributed by atoms with Gasteiger partial charge in [0.05, 0.1) is 20.8 Å². The molecule has 3 N–H and O–H groups in total. The molecule has 39 heavy (non-hydrogen) atoms. The zero-order chi connectivity index (χ0) is 27.7. The Morgan fingerprint density at radius 2 is 1.79 bits per heavy atom. The van der Waals surface area contributed by atoms with Crippen LogP contribution in [0.4, 0.5) is 0 Å². The molecule has 1 aliphatic heterocycles. The summed E-state index contributed by atoms with van der Waals surface area (Å²) in [4.78, 5) is 18.4. The number of benzene rings is 3. The first-order chi connectivity index (χ1) is 19.0. The number of carbonyl (C=O) groups is 1. The lowest BCUT2D eigenvalue weighted by Crippen LogP contribution is -2.52. The van der Waals surface area contributed by atoms with Gasteiger partial charge in [-0.15, -0.1) is 0 Å². The Bertz CT molecular complexity index is 1280. The first-order valence-electron chi connectivity index (χ1n) is 12.5. The Morgan fingerprint density at radius 1 is 1.05 bits per heavy atom. The molecule has 0 bridgehead atoms. The van der Waals surface area contributed by atoms with Gasteiger partial charge < -0.3 is 24.1 Å². The van der Waals surface area contributed by atoms with Crippen molar-refractivity contribution >= 4 is 27.7 Å². The minimum absolute atomic E-state index is 0.0771. The molecule has 9 nitrogen and oxygen atoms in total. The van der Waals surface area contributed by atoms with Gasteiger partial charge in [0.15, 0.2) is 5.54 Å². The van der Waals surface area contributed by atoms with Crippen molar-refractivity contribution in [3.05, 3.63) is 87.9 Å². The van der Waals surface area contributed by atoms with E-state index in [0.29, 0.717) is 49.1 Å². The van der Waals surface area contributed by atoms with Crippen LogP contribution in [0.2, 0.25) is 0 Å². The predicted molar refractivity (Wildman–Crippen MR) is 151 cm³/mol. The van der Waals surface area contributed by atoms with Gasteiger partial charge in [-0.1, -0.05) is 34.1 Å². The summed E-state index contributed by atoms with van der Waals surface area (Å²) in [5.74, 6) is 2.09. The van der Waals surface area contributed by atoms with Crippen LogP contribution in [-0.4, -0.2) is 56.5 Å². The van der Waals surface area contributed by atoms with Crippen molar-refractivity contribution in [3.63, 3.8) is 0 Å². The summed E-state index contributed by atoms with van der Waals surface area (Å²) in [5.41, 5.74) is 7.21. The Labute approximate surface area is 236 Å². The molecule has 3 aromatic rings. The van der Waals surface area contributed by atoms with Gasteiger partial charge in [-0.25, -0.2) is 10.4 Å². The lowest BCUT2D eigenvalue weighted by atomic mass is 9.91. The van der Waals surface area contributed by atoms with Gasteiger partial charge in [-0.3, -0.25) is 10.2 Å². The van der Waals surface area contributed by atoms with Crippen LogP contribution in [0.25, 0.3) is 0 Å². The maximum Gasteiger partial charge on any atom is 0.266 e. The number of aliphatic imine (C=N–C) groups is 1. The number of nitrogens with one attached hydrogen (secondary N) is 2. The van der Waals surface area contributed by atoms with Crippen LogP contribution in [0.3, 0.4) is 0 Å². The number of ether oxygens (including phenoxy) is 4. The number of methoxy groups -OCH3 is 2. The molecule has 0 unspecified atom stereocenters. The average molecular weight is 598 g/mol. The van der Waals surface area contributed by atoms with Crippen molar-refractivity contribution in [1.82, 2.24) is 10.9 Å². The highest BCUT2D eigenvalue weighted by molar-refractivity contribution is 9.10. The minimum Gasteiger partial charge on any atom is -0.497 e. The third kappa shape index (κ3) is 7.29. The van der Waals surface area contributed by atoms with Crippen molar-refractivity contribution in [3.8, 4) is 17.2 Å². The quantitative estimate of drug-likeness (QED) is 0.203. The SMILES string of the molecule is COc1ccc(CNNC(=O)[C@]2(Cc3ccc(Br)cc3)COC(c3ccc(OCCCO)cc3)=N2)c(OC)c1. The van der Waals surface area contributed by atoms with Gasteiger partial charge >= 0.3 is 0 Å². The first-order valence-corrected chi connectivity index (χ1v) is 13.3. The molecule has 4 rings (SSSR count). The number of rotatable bonds is 13. The fourth-order valence-electron chi connectivity index (χ4n) is 4.10. The lowest BCUT2D eigenvalue weighted by molar-refractivity contribution is -0.127. The van der Waals surface area contributed by atoms with E-state index in [-0.39, 0.29) is 19.1 Å². The number of amides is 1. The normalized spacial score (nSPS) is 16.3. The van der Waals surface area contributed by atoms with Crippen molar-refractivity contribution < 1.29 is 28.8 Å². The Kier molecular flexibility index (Phi) is 9.80. The van der Waals surface area contributed by atoms with E-state index < -0.39 is 5.54 Å². The summed E-state index contributed by atoms with van der Waals surface area (Å²) in [6.45, 7) is 0.932. The van der Waals surface area contributed by atoms with Crippen molar-refractivity contribution in [2.24, 2.45) is 4.99 Å². The highest BCUT2D eigenvalue weighted by Gasteiger charge is 2.44. The molecule has 0 spiro atoms. The molecule has 0 aromatic heterocycles. The maximum absolute atomic E-state index is 13.6. The summed E-state index contributed by atoms with van der Waals surface area (Å²) in [7, 11) is 3.18. The van der Waals surface area contributed by atoms with E-state index in [9.17, 15) is 4.79 Å². The molecule has 1 atom stereocenters. The molecule has 1 aliphatic rings. The molecule has 0 saturated heterocycles. The zero-order valence-corrected chi connectivity index (χ0v) is 23.5. The molecule has 10 heteroatoms. The Hall–Kier alpha value is -3.60. The third-order valence-electron chi connectivity index (χ3n) is 6.24. The van der Waals surface area contributed by atoms with E-state index in [1.807, 2.05) is 60.7 Å². The van der Waals surface area contributed by atoms with Gasteiger partial charge in [0.2, 0.25) is 5.90 Å². The molecular formula is C29H32BrN3O6. The molecule has 1 amide bonds. The number of hydrogen-bond donors (Lipinski definition) is 3. The fourth-order valence-corrected chi connectivity index (χ4v) is 4.37. The highest BCUT2D eigenvalue weighted by atomic mass is 79.9. The maximum atomic E-state index is 13.6. The van der Waals surface area contributed by atoms with Gasteiger partial charge in [0.25, 0.3) is 5.91 Å². The lowest BCUT2D eigenvalue weighted by Gasteiger charge is -2.23. The summed E-state index contributed by atoms with van der Waals surface area (Å²) in [6, 6.07) is 20.6. The van der Waals surface area contributed by atoms with E-state index in [1.54, 1.807) is 20.3 Å². The molecule has 3 aromatic carbocycles. The van der Waals surface area contributed by atoms with Gasteiger partial charge in [0, 0.05) is 47.7 Å². The number of halogens is 1. The second-order valence-corrected chi connectivity index (χ2v) is 9.89. The average Bonchev–Trinajstić information content (AvgIpc) is 3.40. The number of aliphatic hydroxyl groups is 1. The van der Waals surface area contributed by atoms with E-state index in [2.05, 4.69) is 26.8 Å². The van der Waals surface area contributed by atoms with Gasteiger partial charge in [0.1, 0.15) is 23.9 Å². The smallest absolute Gasteiger partial charge is 0.266 e. The Balaban J connectivity index is 1.51. The van der Waals surface area contributed by atoms with Crippen LogP contribution < -0.4 is 25.1 Å². The molecule has 0 aliphatic carbocycles. The monoisotopic (exact) mass is 597 g/mol. The summed E-state index contributed by atoms with van der Waals surface area (Å²) in [6.07, 6.45) is 0.913. The van der Waals surface area contributed by atoms with Crippen LogP contribution in [0.1, 0.15) is 23.1 Å². The van der Waals surface area contributed by atoms with Crippen LogP contribution in [0.5, 0.6) is 17.2 Å². The zero-order valence-electron chi connectivity index (χ0n) is 21.9. The van der Waals surface area contributed by atoms with Gasteiger partial charge in [-0.05, 0) is 48.0 Å². The number of aliphatic hydroxyl groups excluding tert-OH is 1. The summed E-state index contributed by atoms with van der Waals surface area (Å²) in [5, 5.41) is 8.94. The fraction of sp³-hybridized carbons (Fsp3) is 0.310. The molecule has 1 heterocycles. The molecular weight excluding hydrogens is 566 g/mol. The van der Waals surface area contributed by atoms with Crippen LogP contribution in [-0.2, 0) is 22.5 Å². The number of nitrogens with zero attached hydrogens (tertiary/aromatic N) is 1. The number of hydrogen-bond acceptors (Lipinski definition) is 8. The molecule has 0 saturated carbocycles.